The SMILES string of the molecule is COc1ccc(Br)cc1C(CN)NC(C)C(C)CO. The highest BCUT2D eigenvalue weighted by atomic mass is 79.9. The number of rotatable bonds is 7. The molecule has 0 aliphatic rings. The number of ether oxygens (including phenoxy) is 1. The zero-order valence-electron chi connectivity index (χ0n) is 11.7. The molecule has 4 N–H and O–H groups in total. The van der Waals surface area contributed by atoms with Crippen LogP contribution in [0, 0.1) is 5.92 Å². The predicted octanol–water partition coefficient (Wildman–Crippen LogP) is 2.06. The number of nitrogens with two attached hydrogens (primary N) is 1. The lowest BCUT2D eigenvalue weighted by Crippen LogP contribution is -2.39. The van der Waals surface area contributed by atoms with E-state index in [-0.39, 0.29) is 24.6 Å². The molecule has 108 valence electrons. The van der Waals surface area contributed by atoms with Crippen LogP contribution in [0.25, 0.3) is 0 Å². The summed E-state index contributed by atoms with van der Waals surface area (Å²) in [4.78, 5) is 0. The maximum Gasteiger partial charge on any atom is 0.123 e. The number of benzene rings is 1. The standard InChI is InChI=1S/C14H23BrN2O2/c1-9(8-18)10(2)17-13(7-16)12-6-11(15)4-5-14(12)19-3/h4-6,9-10,13,17-18H,7-8,16H2,1-3H3. The Morgan fingerprint density at radius 1 is 1.42 bits per heavy atom. The van der Waals surface area contributed by atoms with Crippen molar-refractivity contribution in [2.75, 3.05) is 20.3 Å². The number of halogens is 1. The smallest absolute Gasteiger partial charge is 0.123 e. The molecule has 0 radical (unpaired) electrons. The first-order chi connectivity index (χ1) is 9.03. The van der Waals surface area contributed by atoms with Gasteiger partial charge in [-0.25, -0.2) is 0 Å². The van der Waals surface area contributed by atoms with E-state index in [0.29, 0.717) is 6.54 Å². The number of hydrogen-bond acceptors (Lipinski definition) is 4. The first-order valence-corrected chi connectivity index (χ1v) is 7.23. The highest BCUT2D eigenvalue weighted by Gasteiger charge is 2.20. The Hall–Kier alpha value is -0.620. The zero-order chi connectivity index (χ0) is 14.4. The fraction of sp³-hybridized carbons (Fsp3) is 0.571. The second-order valence-electron chi connectivity index (χ2n) is 4.79. The Bertz CT molecular complexity index is 401. The predicted molar refractivity (Wildman–Crippen MR) is 81.3 cm³/mol. The molecule has 1 aromatic rings. The van der Waals surface area contributed by atoms with Crippen molar-refractivity contribution in [1.29, 1.82) is 0 Å². The van der Waals surface area contributed by atoms with Crippen molar-refractivity contribution in [3.8, 4) is 5.75 Å². The summed E-state index contributed by atoms with van der Waals surface area (Å²) >= 11 is 3.47. The van der Waals surface area contributed by atoms with Crippen LogP contribution in [-0.4, -0.2) is 31.4 Å². The third-order valence-corrected chi connectivity index (χ3v) is 3.90. The van der Waals surface area contributed by atoms with Gasteiger partial charge in [-0.05, 0) is 31.0 Å². The maximum absolute atomic E-state index is 9.20. The minimum Gasteiger partial charge on any atom is -0.496 e. The van der Waals surface area contributed by atoms with Crippen molar-refractivity contribution in [3.63, 3.8) is 0 Å². The molecule has 0 aliphatic heterocycles. The second-order valence-corrected chi connectivity index (χ2v) is 5.71. The number of aliphatic hydroxyl groups excluding tert-OH is 1. The highest BCUT2D eigenvalue weighted by molar-refractivity contribution is 9.10. The second kappa shape index (κ2) is 7.85. The molecule has 19 heavy (non-hydrogen) atoms. The van der Waals surface area contributed by atoms with Crippen LogP contribution in [-0.2, 0) is 0 Å². The molecular formula is C14H23BrN2O2. The lowest BCUT2D eigenvalue weighted by molar-refractivity contribution is 0.201. The van der Waals surface area contributed by atoms with Gasteiger partial charge < -0.3 is 20.9 Å². The maximum atomic E-state index is 9.20. The highest BCUT2D eigenvalue weighted by Crippen LogP contribution is 2.28. The van der Waals surface area contributed by atoms with E-state index in [0.717, 1.165) is 15.8 Å². The summed E-state index contributed by atoms with van der Waals surface area (Å²) in [6, 6.07) is 6.04. The Morgan fingerprint density at radius 2 is 2.11 bits per heavy atom. The largest absolute Gasteiger partial charge is 0.496 e. The summed E-state index contributed by atoms with van der Waals surface area (Å²) in [6.07, 6.45) is 0. The van der Waals surface area contributed by atoms with Crippen LogP contribution < -0.4 is 15.8 Å². The molecule has 0 heterocycles. The van der Waals surface area contributed by atoms with Gasteiger partial charge in [0, 0.05) is 35.3 Å². The lowest BCUT2D eigenvalue weighted by Gasteiger charge is -2.27. The molecule has 5 heteroatoms. The number of nitrogens with one attached hydrogen (secondary N) is 1. The molecule has 0 aliphatic carbocycles. The van der Waals surface area contributed by atoms with Crippen LogP contribution in [0.15, 0.2) is 22.7 Å². The molecule has 1 aromatic carbocycles. The molecule has 0 spiro atoms. The van der Waals surface area contributed by atoms with Gasteiger partial charge in [-0.2, -0.15) is 0 Å². The summed E-state index contributed by atoms with van der Waals surface area (Å²) in [6.45, 7) is 4.67. The van der Waals surface area contributed by atoms with Crippen molar-refractivity contribution in [3.05, 3.63) is 28.2 Å². The van der Waals surface area contributed by atoms with Gasteiger partial charge in [-0.3, -0.25) is 0 Å². The van der Waals surface area contributed by atoms with E-state index in [2.05, 4.69) is 21.2 Å². The van der Waals surface area contributed by atoms with Crippen LogP contribution in [0.4, 0.5) is 0 Å². The van der Waals surface area contributed by atoms with Crippen LogP contribution >= 0.6 is 15.9 Å². The summed E-state index contributed by atoms with van der Waals surface area (Å²) in [7, 11) is 1.65. The van der Waals surface area contributed by atoms with Gasteiger partial charge in [0.15, 0.2) is 0 Å². The van der Waals surface area contributed by atoms with Gasteiger partial charge in [-0.15, -0.1) is 0 Å². The van der Waals surface area contributed by atoms with E-state index in [1.165, 1.54) is 0 Å². The van der Waals surface area contributed by atoms with Gasteiger partial charge in [0.1, 0.15) is 5.75 Å². The molecular weight excluding hydrogens is 308 g/mol. The normalized spacial score (nSPS) is 15.9. The van der Waals surface area contributed by atoms with Crippen molar-refractivity contribution in [1.82, 2.24) is 5.32 Å². The Kier molecular flexibility index (Phi) is 6.79. The van der Waals surface area contributed by atoms with Crippen molar-refractivity contribution in [2.24, 2.45) is 11.7 Å². The Balaban J connectivity index is 2.93. The molecule has 0 saturated carbocycles. The lowest BCUT2D eigenvalue weighted by atomic mass is 10.0. The van der Waals surface area contributed by atoms with E-state index in [1.54, 1.807) is 7.11 Å². The van der Waals surface area contributed by atoms with E-state index in [9.17, 15) is 5.11 Å². The molecule has 0 fully saturated rings. The minimum atomic E-state index is -0.00329. The summed E-state index contributed by atoms with van der Waals surface area (Å²) in [5.74, 6) is 0.988. The van der Waals surface area contributed by atoms with Crippen LogP contribution in [0.1, 0.15) is 25.5 Å². The van der Waals surface area contributed by atoms with Crippen molar-refractivity contribution in [2.45, 2.75) is 25.9 Å². The average Bonchev–Trinajstić information content (AvgIpc) is 2.43. The van der Waals surface area contributed by atoms with E-state index >= 15 is 0 Å². The topological polar surface area (TPSA) is 67.5 Å². The van der Waals surface area contributed by atoms with Crippen LogP contribution in [0.3, 0.4) is 0 Å². The van der Waals surface area contributed by atoms with Crippen LogP contribution in [0.2, 0.25) is 0 Å². The monoisotopic (exact) mass is 330 g/mol. The molecule has 0 saturated heterocycles. The molecule has 4 nitrogen and oxygen atoms in total. The van der Waals surface area contributed by atoms with Gasteiger partial charge in [0.05, 0.1) is 7.11 Å². The molecule has 0 amide bonds. The quantitative estimate of drug-likeness (QED) is 0.715. The van der Waals surface area contributed by atoms with E-state index in [1.807, 2.05) is 32.0 Å². The molecule has 0 bridgehead atoms. The van der Waals surface area contributed by atoms with Crippen molar-refractivity contribution >= 4 is 15.9 Å². The summed E-state index contributed by atoms with van der Waals surface area (Å²) in [5, 5.41) is 12.7. The third-order valence-electron chi connectivity index (χ3n) is 3.41. The fourth-order valence-corrected chi connectivity index (χ4v) is 2.28. The average molecular weight is 331 g/mol. The summed E-state index contributed by atoms with van der Waals surface area (Å²) in [5.41, 5.74) is 6.90. The third kappa shape index (κ3) is 4.45. The van der Waals surface area contributed by atoms with E-state index < -0.39 is 0 Å². The van der Waals surface area contributed by atoms with Gasteiger partial charge in [0.2, 0.25) is 0 Å². The Labute approximate surface area is 123 Å². The molecule has 0 aromatic heterocycles. The molecule has 3 unspecified atom stereocenters. The van der Waals surface area contributed by atoms with Crippen LogP contribution in [0.5, 0.6) is 5.75 Å². The number of aliphatic hydroxyl groups is 1. The summed E-state index contributed by atoms with van der Waals surface area (Å²) < 4.78 is 6.38. The number of methoxy groups -OCH3 is 1. The van der Waals surface area contributed by atoms with Gasteiger partial charge in [0.25, 0.3) is 0 Å². The first-order valence-electron chi connectivity index (χ1n) is 6.43. The van der Waals surface area contributed by atoms with Gasteiger partial charge in [-0.1, -0.05) is 22.9 Å². The molecule has 3 atom stereocenters. The fourth-order valence-electron chi connectivity index (χ4n) is 1.90. The molecule has 1 rings (SSSR count). The first kappa shape index (κ1) is 16.4. The van der Waals surface area contributed by atoms with Crippen molar-refractivity contribution < 1.29 is 9.84 Å². The minimum absolute atomic E-state index is 0.00329. The number of hydrogen-bond donors (Lipinski definition) is 3. The zero-order valence-corrected chi connectivity index (χ0v) is 13.3. The van der Waals surface area contributed by atoms with E-state index in [4.69, 9.17) is 10.5 Å². The Morgan fingerprint density at radius 3 is 2.63 bits per heavy atom. The van der Waals surface area contributed by atoms with Gasteiger partial charge >= 0.3 is 0 Å².